The van der Waals surface area contributed by atoms with Crippen molar-refractivity contribution in [3.05, 3.63) is 36.5 Å². The maximum Gasteiger partial charge on any atom is 0.472 e. The predicted octanol–water partition coefficient (Wildman–Crippen LogP) is 11.9. The van der Waals surface area contributed by atoms with Gasteiger partial charge in [-0.25, -0.2) is 4.57 Å². The lowest BCUT2D eigenvalue weighted by Gasteiger charge is -2.25. The Morgan fingerprint density at radius 1 is 0.623 bits per heavy atom. The second-order valence-corrected chi connectivity index (χ2v) is 17.5. The fourth-order valence-corrected chi connectivity index (χ4v) is 6.79. The topological polar surface area (TPSA) is 105 Å². The van der Waals surface area contributed by atoms with E-state index in [1.54, 1.807) is 6.08 Å². The zero-order valence-corrected chi connectivity index (χ0v) is 36.1. The summed E-state index contributed by atoms with van der Waals surface area (Å²) in [5.74, 6) is -0.192. The molecule has 0 spiro atoms. The molecule has 0 aromatic carbocycles. The molecule has 0 radical (unpaired) electrons. The van der Waals surface area contributed by atoms with Crippen molar-refractivity contribution in [2.45, 2.75) is 199 Å². The van der Waals surface area contributed by atoms with Gasteiger partial charge < -0.3 is 19.8 Å². The summed E-state index contributed by atoms with van der Waals surface area (Å²) < 4.78 is 23.5. The van der Waals surface area contributed by atoms with Gasteiger partial charge in [0.15, 0.2) is 0 Å². The third-order valence-corrected chi connectivity index (χ3v) is 10.6. The minimum absolute atomic E-state index is 0.0555. The Morgan fingerprint density at radius 2 is 1.04 bits per heavy atom. The minimum Gasteiger partial charge on any atom is -0.387 e. The van der Waals surface area contributed by atoms with Gasteiger partial charge in [0.05, 0.1) is 39.9 Å². The largest absolute Gasteiger partial charge is 0.472 e. The Bertz CT molecular complexity index is 964. The van der Waals surface area contributed by atoms with Crippen LogP contribution in [0.1, 0.15) is 187 Å². The summed E-state index contributed by atoms with van der Waals surface area (Å²) in [6.07, 6.45) is 43.7. The molecule has 0 bridgehead atoms. The number of unbranched alkanes of at least 4 members (excludes halogenated alkanes) is 22. The summed E-state index contributed by atoms with van der Waals surface area (Å²) in [5.41, 5.74) is 0. The van der Waals surface area contributed by atoms with Crippen LogP contribution in [0.2, 0.25) is 0 Å². The van der Waals surface area contributed by atoms with E-state index in [1.807, 2.05) is 27.2 Å². The van der Waals surface area contributed by atoms with E-state index in [-0.39, 0.29) is 19.1 Å². The molecule has 0 rings (SSSR count). The van der Waals surface area contributed by atoms with Crippen LogP contribution in [0.3, 0.4) is 0 Å². The molecule has 0 aliphatic heterocycles. The molecular formula is C44H86N2O6P+. The van der Waals surface area contributed by atoms with Crippen LogP contribution in [0.25, 0.3) is 0 Å². The number of nitrogens with one attached hydrogen (secondary N) is 1. The van der Waals surface area contributed by atoms with Crippen LogP contribution in [0.4, 0.5) is 0 Å². The molecule has 0 fully saturated rings. The third kappa shape index (κ3) is 38.8. The average Bonchev–Trinajstić information content (AvgIpc) is 3.10. The molecule has 0 aliphatic rings. The Labute approximate surface area is 327 Å². The number of phosphoric acid groups is 1. The van der Waals surface area contributed by atoms with Crippen molar-refractivity contribution in [2.24, 2.45) is 0 Å². The Morgan fingerprint density at radius 3 is 1.53 bits per heavy atom. The third-order valence-electron chi connectivity index (χ3n) is 9.58. The SMILES string of the molecule is CCCCCC/C=C/CC/C=C/C(O)C(COP(=O)(O)OCC[N+](C)(C)C)NC(=O)CCCCCCCCCCC/C=C\CCCCCCCCCC. The molecule has 8 nitrogen and oxygen atoms in total. The van der Waals surface area contributed by atoms with E-state index in [2.05, 4.69) is 43.5 Å². The van der Waals surface area contributed by atoms with Gasteiger partial charge in [0.25, 0.3) is 0 Å². The monoisotopic (exact) mass is 770 g/mol. The molecule has 0 aliphatic carbocycles. The van der Waals surface area contributed by atoms with E-state index >= 15 is 0 Å². The summed E-state index contributed by atoms with van der Waals surface area (Å²) in [6, 6.07) is -0.860. The van der Waals surface area contributed by atoms with Gasteiger partial charge in [-0.3, -0.25) is 13.8 Å². The van der Waals surface area contributed by atoms with Gasteiger partial charge in [-0.2, -0.15) is 0 Å². The second kappa shape index (κ2) is 36.4. The van der Waals surface area contributed by atoms with E-state index in [0.29, 0.717) is 17.4 Å². The van der Waals surface area contributed by atoms with E-state index in [4.69, 9.17) is 9.05 Å². The standard InChI is InChI=1S/C44H85N2O6P/c1-6-8-10-12-14-16-18-19-20-21-22-23-24-25-26-27-28-30-32-34-36-38-44(48)45-42(41-52-53(49,50)51-40-39-46(3,4)5)43(47)37-35-33-31-29-17-15-13-11-9-7-2/h17,21-22,29,35,37,42-43,47H,6-16,18-20,23-28,30-34,36,38-41H2,1-5H3,(H-,45,48,49,50)/p+1/b22-21-,29-17+,37-35+. The van der Waals surface area contributed by atoms with Crippen molar-refractivity contribution in [3.8, 4) is 0 Å². The molecule has 9 heteroatoms. The molecule has 3 atom stereocenters. The molecule has 312 valence electrons. The highest BCUT2D eigenvalue weighted by Gasteiger charge is 2.27. The van der Waals surface area contributed by atoms with Crippen LogP contribution in [0, 0.1) is 0 Å². The van der Waals surface area contributed by atoms with Gasteiger partial charge in [-0.15, -0.1) is 0 Å². The molecule has 0 aromatic rings. The van der Waals surface area contributed by atoms with Crippen molar-refractivity contribution in [1.82, 2.24) is 5.32 Å². The van der Waals surface area contributed by atoms with Crippen LogP contribution in [-0.2, 0) is 18.4 Å². The average molecular weight is 770 g/mol. The summed E-state index contributed by atoms with van der Waals surface area (Å²) in [4.78, 5) is 23.0. The van der Waals surface area contributed by atoms with Crippen molar-refractivity contribution in [1.29, 1.82) is 0 Å². The number of hydrogen-bond acceptors (Lipinski definition) is 5. The normalized spacial score (nSPS) is 14.8. The number of hydrogen-bond donors (Lipinski definition) is 3. The number of phosphoric ester groups is 1. The molecule has 0 saturated heterocycles. The van der Waals surface area contributed by atoms with E-state index in [9.17, 15) is 19.4 Å². The lowest BCUT2D eigenvalue weighted by molar-refractivity contribution is -0.870. The smallest absolute Gasteiger partial charge is 0.387 e. The van der Waals surface area contributed by atoms with Crippen molar-refractivity contribution >= 4 is 13.7 Å². The first-order chi connectivity index (χ1) is 25.5. The molecule has 0 heterocycles. The number of carbonyl (C=O) groups is 1. The Balaban J connectivity index is 4.32. The van der Waals surface area contributed by atoms with Gasteiger partial charge in [-0.1, -0.05) is 159 Å². The fraction of sp³-hybridized carbons (Fsp3) is 0.841. The fourth-order valence-electron chi connectivity index (χ4n) is 6.05. The zero-order chi connectivity index (χ0) is 39.3. The number of aliphatic hydroxyl groups is 1. The number of rotatable bonds is 39. The highest BCUT2D eigenvalue weighted by molar-refractivity contribution is 7.47. The molecule has 0 aromatic heterocycles. The quantitative estimate of drug-likeness (QED) is 0.0249. The first-order valence-electron chi connectivity index (χ1n) is 21.9. The zero-order valence-electron chi connectivity index (χ0n) is 35.3. The first kappa shape index (κ1) is 51.7. The number of aliphatic hydroxyl groups excluding tert-OH is 1. The van der Waals surface area contributed by atoms with Crippen LogP contribution < -0.4 is 5.32 Å². The lowest BCUT2D eigenvalue weighted by Crippen LogP contribution is -2.45. The highest BCUT2D eigenvalue weighted by Crippen LogP contribution is 2.43. The van der Waals surface area contributed by atoms with Crippen LogP contribution in [0.15, 0.2) is 36.5 Å². The summed E-state index contributed by atoms with van der Waals surface area (Å²) >= 11 is 0. The van der Waals surface area contributed by atoms with Gasteiger partial charge in [0.1, 0.15) is 13.2 Å². The van der Waals surface area contributed by atoms with E-state index in [0.717, 1.165) is 38.5 Å². The summed E-state index contributed by atoms with van der Waals surface area (Å²) in [5, 5.41) is 13.7. The summed E-state index contributed by atoms with van der Waals surface area (Å²) in [6.45, 7) is 4.75. The number of carbonyl (C=O) groups excluding carboxylic acids is 1. The second-order valence-electron chi connectivity index (χ2n) is 16.1. The number of allylic oxidation sites excluding steroid dienone is 5. The molecule has 3 unspecified atom stereocenters. The number of likely N-dealkylation sites (N-methyl/N-ethyl adjacent to an activating group) is 1. The van der Waals surface area contributed by atoms with Gasteiger partial charge in [-0.05, 0) is 57.8 Å². The molecule has 53 heavy (non-hydrogen) atoms. The Kier molecular flexibility index (Phi) is 35.5. The van der Waals surface area contributed by atoms with Gasteiger partial charge in [0.2, 0.25) is 5.91 Å². The summed E-state index contributed by atoms with van der Waals surface area (Å²) in [7, 11) is 1.55. The van der Waals surface area contributed by atoms with Crippen LogP contribution >= 0.6 is 7.82 Å². The molecule has 0 saturated carbocycles. The van der Waals surface area contributed by atoms with Crippen LogP contribution in [0.5, 0.6) is 0 Å². The van der Waals surface area contributed by atoms with Gasteiger partial charge >= 0.3 is 7.82 Å². The molecule has 1 amide bonds. The lowest BCUT2D eigenvalue weighted by atomic mass is 10.0. The highest BCUT2D eigenvalue weighted by atomic mass is 31.2. The minimum atomic E-state index is -4.34. The number of quaternary nitrogens is 1. The van der Waals surface area contributed by atoms with E-state index < -0.39 is 20.0 Å². The van der Waals surface area contributed by atoms with Crippen molar-refractivity contribution in [2.75, 3.05) is 40.9 Å². The molecular weight excluding hydrogens is 683 g/mol. The number of nitrogens with zero attached hydrogens (tertiary/aromatic N) is 1. The Hall–Kier alpha value is -1.28. The maximum absolute atomic E-state index is 12.8. The molecule has 3 N–H and O–H groups in total. The predicted molar refractivity (Wildman–Crippen MR) is 226 cm³/mol. The van der Waals surface area contributed by atoms with Crippen molar-refractivity contribution < 1.29 is 32.9 Å². The van der Waals surface area contributed by atoms with Crippen molar-refractivity contribution in [3.63, 3.8) is 0 Å². The maximum atomic E-state index is 12.8. The van der Waals surface area contributed by atoms with E-state index in [1.165, 1.54) is 128 Å². The van der Waals surface area contributed by atoms with Gasteiger partial charge in [0, 0.05) is 6.42 Å². The number of amides is 1. The first-order valence-corrected chi connectivity index (χ1v) is 23.4. The van der Waals surface area contributed by atoms with Crippen LogP contribution in [-0.4, -0.2) is 73.4 Å².